The minimum atomic E-state index is 0.805. The highest BCUT2D eigenvalue weighted by Crippen LogP contribution is 2.27. The SMILES string of the molecule is COc1cccc(-c2cc(-c3cccc(OC)c3)ncn2)c1. The fraction of sp³-hybridized carbons (Fsp3) is 0.111. The van der Waals surface area contributed by atoms with E-state index in [2.05, 4.69) is 9.97 Å². The van der Waals surface area contributed by atoms with Crippen LogP contribution in [0.15, 0.2) is 60.9 Å². The van der Waals surface area contributed by atoms with Gasteiger partial charge >= 0.3 is 0 Å². The van der Waals surface area contributed by atoms with Gasteiger partial charge in [0.15, 0.2) is 0 Å². The summed E-state index contributed by atoms with van der Waals surface area (Å²) in [5.74, 6) is 1.61. The van der Waals surface area contributed by atoms with Crippen LogP contribution in [0.25, 0.3) is 22.5 Å². The molecule has 1 aromatic heterocycles. The topological polar surface area (TPSA) is 44.2 Å². The lowest BCUT2D eigenvalue weighted by Gasteiger charge is -2.07. The molecule has 0 aliphatic heterocycles. The summed E-state index contributed by atoms with van der Waals surface area (Å²) in [4.78, 5) is 8.71. The van der Waals surface area contributed by atoms with E-state index in [-0.39, 0.29) is 0 Å². The van der Waals surface area contributed by atoms with Gasteiger partial charge in [-0.1, -0.05) is 24.3 Å². The maximum absolute atomic E-state index is 5.26. The second-order valence-corrected chi connectivity index (χ2v) is 4.75. The fourth-order valence-electron chi connectivity index (χ4n) is 2.24. The van der Waals surface area contributed by atoms with Crippen molar-refractivity contribution in [1.29, 1.82) is 0 Å². The molecule has 0 saturated heterocycles. The number of benzene rings is 2. The largest absolute Gasteiger partial charge is 0.497 e. The number of hydrogen-bond donors (Lipinski definition) is 0. The Kier molecular flexibility index (Phi) is 4.01. The first-order valence-corrected chi connectivity index (χ1v) is 6.91. The summed E-state index contributed by atoms with van der Waals surface area (Å²) in [5.41, 5.74) is 3.69. The highest BCUT2D eigenvalue weighted by molar-refractivity contribution is 5.69. The number of nitrogens with zero attached hydrogens (tertiary/aromatic N) is 2. The summed E-state index contributed by atoms with van der Waals surface area (Å²) in [5, 5.41) is 0. The Balaban J connectivity index is 2.01. The molecule has 22 heavy (non-hydrogen) atoms. The van der Waals surface area contributed by atoms with Crippen molar-refractivity contribution < 1.29 is 9.47 Å². The molecule has 0 N–H and O–H groups in total. The highest BCUT2D eigenvalue weighted by Gasteiger charge is 2.06. The highest BCUT2D eigenvalue weighted by atomic mass is 16.5. The molecule has 0 atom stereocenters. The van der Waals surface area contributed by atoms with Gasteiger partial charge in [-0.3, -0.25) is 0 Å². The number of aromatic nitrogens is 2. The molecule has 0 fully saturated rings. The van der Waals surface area contributed by atoms with E-state index in [1.807, 2.05) is 54.6 Å². The van der Waals surface area contributed by atoms with E-state index in [1.54, 1.807) is 20.5 Å². The third kappa shape index (κ3) is 2.91. The molecular weight excluding hydrogens is 276 g/mol. The molecule has 4 nitrogen and oxygen atoms in total. The third-order valence-electron chi connectivity index (χ3n) is 3.40. The van der Waals surface area contributed by atoms with Crippen LogP contribution in [0.2, 0.25) is 0 Å². The molecule has 0 bridgehead atoms. The zero-order valence-electron chi connectivity index (χ0n) is 12.5. The van der Waals surface area contributed by atoms with E-state index in [9.17, 15) is 0 Å². The minimum absolute atomic E-state index is 0.805. The van der Waals surface area contributed by atoms with Crippen LogP contribution >= 0.6 is 0 Å². The molecule has 0 aliphatic rings. The molecule has 0 spiro atoms. The number of ether oxygens (including phenoxy) is 2. The van der Waals surface area contributed by atoms with Crippen molar-refractivity contribution in [3.8, 4) is 34.0 Å². The zero-order chi connectivity index (χ0) is 15.4. The third-order valence-corrected chi connectivity index (χ3v) is 3.40. The Morgan fingerprint density at radius 1 is 0.682 bits per heavy atom. The van der Waals surface area contributed by atoms with Gasteiger partial charge in [-0.15, -0.1) is 0 Å². The van der Waals surface area contributed by atoms with Gasteiger partial charge < -0.3 is 9.47 Å². The molecule has 0 saturated carbocycles. The summed E-state index contributed by atoms with van der Waals surface area (Å²) in [6.07, 6.45) is 1.57. The standard InChI is InChI=1S/C18H16N2O2/c1-21-15-7-3-5-13(9-15)17-11-18(20-12-19-17)14-6-4-8-16(10-14)22-2/h3-12H,1-2H3. The molecule has 3 aromatic rings. The van der Waals surface area contributed by atoms with Crippen molar-refractivity contribution in [1.82, 2.24) is 9.97 Å². The van der Waals surface area contributed by atoms with Crippen LogP contribution in [0.3, 0.4) is 0 Å². The van der Waals surface area contributed by atoms with Gasteiger partial charge in [0.25, 0.3) is 0 Å². The molecule has 3 rings (SSSR count). The van der Waals surface area contributed by atoms with E-state index in [4.69, 9.17) is 9.47 Å². The van der Waals surface area contributed by atoms with E-state index in [0.29, 0.717) is 0 Å². The Hall–Kier alpha value is -2.88. The summed E-state index contributed by atoms with van der Waals surface area (Å²) < 4.78 is 10.5. The van der Waals surface area contributed by atoms with Crippen LogP contribution in [0.1, 0.15) is 0 Å². The van der Waals surface area contributed by atoms with Crippen LogP contribution in [-0.4, -0.2) is 24.2 Å². The van der Waals surface area contributed by atoms with Crippen molar-refractivity contribution in [2.75, 3.05) is 14.2 Å². The summed E-state index contributed by atoms with van der Waals surface area (Å²) in [7, 11) is 3.31. The summed E-state index contributed by atoms with van der Waals surface area (Å²) in [6, 6.07) is 17.6. The monoisotopic (exact) mass is 292 g/mol. The molecule has 0 aliphatic carbocycles. The second kappa shape index (κ2) is 6.26. The van der Waals surface area contributed by atoms with E-state index >= 15 is 0 Å². The first-order valence-electron chi connectivity index (χ1n) is 6.91. The molecule has 2 aromatic carbocycles. The Morgan fingerprint density at radius 3 is 1.64 bits per heavy atom. The lowest BCUT2D eigenvalue weighted by molar-refractivity contribution is 0.415. The number of methoxy groups -OCH3 is 2. The Morgan fingerprint density at radius 2 is 1.18 bits per heavy atom. The lowest BCUT2D eigenvalue weighted by Crippen LogP contribution is -1.91. The number of hydrogen-bond acceptors (Lipinski definition) is 4. The van der Waals surface area contributed by atoms with E-state index in [1.165, 1.54) is 0 Å². The molecule has 1 heterocycles. The van der Waals surface area contributed by atoms with Gasteiger partial charge in [0.2, 0.25) is 0 Å². The summed E-state index contributed by atoms with van der Waals surface area (Å²) in [6.45, 7) is 0. The maximum Gasteiger partial charge on any atom is 0.119 e. The van der Waals surface area contributed by atoms with Crippen molar-refractivity contribution in [3.63, 3.8) is 0 Å². The van der Waals surface area contributed by atoms with Crippen molar-refractivity contribution in [2.24, 2.45) is 0 Å². The van der Waals surface area contributed by atoms with Crippen LogP contribution in [-0.2, 0) is 0 Å². The smallest absolute Gasteiger partial charge is 0.119 e. The first kappa shape index (κ1) is 14.1. The van der Waals surface area contributed by atoms with Gasteiger partial charge in [-0.05, 0) is 30.3 Å². The van der Waals surface area contributed by atoms with Crippen LogP contribution < -0.4 is 9.47 Å². The molecule has 0 radical (unpaired) electrons. The Bertz CT molecular complexity index is 725. The van der Waals surface area contributed by atoms with Crippen LogP contribution in [0.5, 0.6) is 11.5 Å². The average molecular weight is 292 g/mol. The normalized spacial score (nSPS) is 10.3. The fourth-order valence-corrected chi connectivity index (χ4v) is 2.24. The van der Waals surface area contributed by atoms with Crippen LogP contribution in [0.4, 0.5) is 0 Å². The number of rotatable bonds is 4. The van der Waals surface area contributed by atoms with Gasteiger partial charge in [-0.2, -0.15) is 0 Å². The average Bonchev–Trinajstić information content (AvgIpc) is 2.62. The van der Waals surface area contributed by atoms with Crippen LogP contribution in [0, 0.1) is 0 Å². The van der Waals surface area contributed by atoms with E-state index in [0.717, 1.165) is 34.0 Å². The maximum atomic E-state index is 5.26. The second-order valence-electron chi connectivity index (χ2n) is 4.75. The Labute approximate surface area is 129 Å². The molecule has 0 unspecified atom stereocenters. The first-order chi connectivity index (χ1) is 10.8. The van der Waals surface area contributed by atoms with Gasteiger partial charge in [0.1, 0.15) is 17.8 Å². The van der Waals surface area contributed by atoms with Crippen molar-refractivity contribution in [2.45, 2.75) is 0 Å². The molecule has 110 valence electrons. The van der Waals surface area contributed by atoms with Crippen molar-refractivity contribution >= 4 is 0 Å². The van der Waals surface area contributed by atoms with E-state index < -0.39 is 0 Å². The van der Waals surface area contributed by atoms with Crippen molar-refractivity contribution in [3.05, 3.63) is 60.9 Å². The quantitative estimate of drug-likeness (QED) is 0.733. The predicted molar refractivity (Wildman–Crippen MR) is 86.0 cm³/mol. The zero-order valence-corrected chi connectivity index (χ0v) is 12.5. The van der Waals surface area contributed by atoms with Gasteiger partial charge in [0.05, 0.1) is 25.6 Å². The molecule has 4 heteroatoms. The van der Waals surface area contributed by atoms with Gasteiger partial charge in [0, 0.05) is 11.1 Å². The minimum Gasteiger partial charge on any atom is -0.497 e. The van der Waals surface area contributed by atoms with Gasteiger partial charge in [-0.25, -0.2) is 9.97 Å². The molecule has 0 amide bonds. The predicted octanol–water partition coefficient (Wildman–Crippen LogP) is 3.83. The molecular formula is C18H16N2O2. The summed E-state index contributed by atoms with van der Waals surface area (Å²) >= 11 is 0. The lowest BCUT2D eigenvalue weighted by atomic mass is 10.1.